The minimum atomic E-state index is -3.61. The molecule has 0 aliphatic heterocycles. The lowest BCUT2D eigenvalue weighted by atomic mass is 10.2. The molecule has 3 nitrogen and oxygen atoms in total. The smallest absolute Gasteiger partial charge is 0.188 e. The topological polar surface area (TPSA) is 51.2 Å². The van der Waals surface area contributed by atoms with E-state index < -0.39 is 15.1 Å². The Balaban J connectivity index is 3.17. The number of rotatable bonds is 4. The second kappa shape index (κ2) is 4.97. The molecular formula is C11H13ClO3S. The molecule has 0 fully saturated rings. The van der Waals surface area contributed by atoms with E-state index in [-0.39, 0.29) is 17.1 Å². The summed E-state index contributed by atoms with van der Waals surface area (Å²) < 4.78 is 24.0. The molecule has 0 heterocycles. The van der Waals surface area contributed by atoms with Crippen molar-refractivity contribution in [3.8, 4) is 0 Å². The fraction of sp³-hybridized carbons (Fsp3) is 0.364. The van der Waals surface area contributed by atoms with Crippen molar-refractivity contribution in [2.24, 2.45) is 0 Å². The fourth-order valence-corrected chi connectivity index (χ4v) is 3.04. The summed E-state index contributed by atoms with van der Waals surface area (Å²) in [6.45, 7) is 3.05. The van der Waals surface area contributed by atoms with Gasteiger partial charge in [-0.3, -0.25) is 4.79 Å². The maximum absolute atomic E-state index is 12.0. The number of benzene rings is 1. The van der Waals surface area contributed by atoms with Crippen LogP contribution in [-0.4, -0.2) is 19.5 Å². The quantitative estimate of drug-likeness (QED) is 0.836. The highest BCUT2D eigenvalue weighted by Gasteiger charge is 2.28. The Hall–Kier alpha value is -0.870. The van der Waals surface area contributed by atoms with E-state index in [0.29, 0.717) is 5.02 Å². The summed E-state index contributed by atoms with van der Waals surface area (Å²) in [5, 5.41) is -0.673. The summed E-state index contributed by atoms with van der Waals surface area (Å²) in [6.07, 6.45) is 0.209. The molecule has 1 aromatic rings. The van der Waals surface area contributed by atoms with Gasteiger partial charge in [-0.25, -0.2) is 8.42 Å². The summed E-state index contributed by atoms with van der Waals surface area (Å²) in [4.78, 5) is 11.5. The highest BCUT2D eigenvalue weighted by Crippen LogP contribution is 2.20. The van der Waals surface area contributed by atoms with Gasteiger partial charge < -0.3 is 0 Å². The number of sulfone groups is 1. The SMILES string of the molecule is CCC(=O)C(C)S(=O)(=O)c1cccc(Cl)c1. The van der Waals surface area contributed by atoms with E-state index in [1.54, 1.807) is 19.1 Å². The van der Waals surface area contributed by atoms with Crippen LogP contribution in [0, 0.1) is 0 Å². The molecule has 16 heavy (non-hydrogen) atoms. The van der Waals surface area contributed by atoms with Crippen LogP contribution in [0.15, 0.2) is 29.2 Å². The average molecular weight is 261 g/mol. The van der Waals surface area contributed by atoms with Gasteiger partial charge in [0.25, 0.3) is 0 Å². The molecule has 0 saturated heterocycles. The molecule has 5 heteroatoms. The van der Waals surface area contributed by atoms with Crippen LogP contribution in [0.3, 0.4) is 0 Å². The fourth-order valence-electron chi connectivity index (χ4n) is 1.31. The van der Waals surface area contributed by atoms with Gasteiger partial charge >= 0.3 is 0 Å². The first-order chi connectivity index (χ1) is 7.39. The number of hydrogen-bond acceptors (Lipinski definition) is 3. The van der Waals surface area contributed by atoms with E-state index in [9.17, 15) is 13.2 Å². The second-order valence-corrected chi connectivity index (χ2v) is 6.17. The minimum Gasteiger partial charge on any atom is -0.298 e. The van der Waals surface area contributed by atoms with Gasteiger partial charge in [-0.15, -0.1) is 0 Å². The number of ketones is 1. The molecule has 0 amide bonds. The summed E-state index contributed by atoms with van der Waals surface area (Å²) in [5.74, 6) is -0.292. The van der Waals surface area contributed by atoms with Crippen molar-refractivity contribution in [2.75, 3.05) is 0 Å². The van der Waals surface area contributed by atoms with Gasteiger partial charge in [0, 0.05) is 11.4 Å². The Kier molecular flexibility index (Phi) is 4.10. The Labute approximate surface area is 100 Å². The molecule has 1 rings (SSSR count). The number of carbonyl (C=O) groups excluding carboxylic acids is 1. The second-order valence-electron chi connectivity index (χ2n) is 3.46. The standard InChI is InChI=1S/C11H13ClO3S/c1-3-11(13)8(2)16(14,15)10-6-4-5-9(12)7-10/h4-8H,3H2,1-2H3. The highest BCUT2D eigenvalue weighted by atomic mass is 35.5. The van der Waals surface area contributed by atoms with E-state index in [1.807, 2.05) is 0 Å². The third kappa shape index (κ3) is 2.62. The Morgan fingerprint density at radius 2 is 2.06 bits per heavy atom. The zero-order chi connectivity index (χ0) is 12.3. The first-order valence-corrected chi connectivity index (χ1v) is 6.84. The van der Waals surface area contributed by atoms with Crippen molar-refractivity contribution in [2.45, 2.75) is 30.4 Å². The molecule has 0 aliphatic carbocycles. The van der Waals surface area contributed by atoms with E-state index in [1.165, 1.54) is 19.1 Å². The summed E-state index contributed by atoms with van der Waals surface area (Å²) in [7, 11) is -3.61. The van der Waals surface area contributed by atoms with Crippen LogP contribution in [0.1, 0.15) is 20.3 Å². The van der Waals surface area contributed by atoms with Crippen LogP contribution in [0.2, 0.25) is 5.02 Å². The Morgan fingerprint density at radius 1 is 1.44 bits per heavy atom. The van der Waals surface area contributed by atoms with Crippen LogP contribution < -0.4 is 0 Å². The lowest BCUT2D eigenvalue weighted by Gasteiger charge is -2.11. The molecule has 88 valence electrons. The maximum Gasteiger partial charge on any atom is 0.188 e. The van der Waals surface area contributed by atoms with Crippen LogP contribution >= 0.6 is 11.6 Å². The summed E-state index contributed by atoms with van der Waals surface area (Å²) >= 11 is 5.72. The maximum atomic E-state index is 12.0. The number of halogens is 1. The van der Waals surface area contributed by atoms with E-state index in [2.05, 4.69) is 0 Å². The van der Waals surface area contributed by atoms with Gasteiger partial charge in [0.1, 0.15) is 5.25 Å². The lowest BCUT2D eigenvalue weighted by molar-refractivity contribution is -0.118. The van der Waals surface area contributed by atoms with Crippen molar-refractivity contribution in [3.05, 3.63) is 29.3 Å². The van der Waals surface area contributed by atoms with Crippen LogP contribution in [0.4, 0.5) is 0 Å². The van der Waals surface area contributed by atoms with Gasteiger partial charge in [-0.05, 0) is 25.1 Å². The lowest BCUT2D eigenvalue weighted by Crippen LogP contribution is -2.26. The number of carbonyl (C=O) groups is 1. The molecule has 0 aliphatic rings. The van der Waals surface area contributed by atoms with Gasteiger partial charge in [0.05, 0.1) is 4.90 Å². The zero-order valence-electron chi connectivity index (χ0n) is 9.10. The van der Waals surface area contributed by atoms with Crippen LogP contribution in [0.25, 0.3) is 0 Å². The zero-order valence-corrected chi connectivity index (χ0v) is 10.7. The summed E-state index contributed by atoms with van der Waals surface area (Å²) in [6, 6.07) is 5.95. The van der Waals surface area contributed by atoms with Gasteiger partial charge in [0.2, 0.25) is 0 Å². The summed E-state index contributed by atoms with van der Waals surface area (Å²) in [5.41, 5.74) is 0. The third-order valence-electron chi connectivity index (χ3n) is 2.39. The van der Waals surface area contributed by atoms with Crippen LogP contribution in [-0.2, 0) is 14.6 Å². The minimum absolute atomic E-state index is 0.0919. The first-order valence-electron chi connectivity index (χ1n) is 4.91. The highest BCUT2D eigenvalue weighted by molar-refractivity contribution is 7.92. The molecular weight excluding hydrogens is 248 g/mol. The molecule has 0 saturated carbocycles. The average Bonchev–Trinajstić information content (AvgIpc) is 2.27. The predicted molar refractivity (Wildman–Crippen MR) is 63.4 cm³/mol. The molecule has 0 spiro atoms. The van der Waals surface area contributed by atoms with E-state index in [0.717, 1.165) is 0 Å². The third-order valence-corrected chi connectivity index (χ3v) is 4.73. The van der Waals surface area contributed by atoms with Crippen molar-refractivity contribution < 1.29 is 13.2 Å². The largest absolute Gasteiger partial charge is 0.298 e. The van der Waals surface area contributed by atoms with E-state index >= 15 is 0 Å². The van der Waals surface area contributed by atoms with Crippen molar-refractivity contribution in [1.82, 2.24) is 0 Å². The van der Waals surface area contributed by atoms with E-state index in [4.69, 9.17) is 11.6 Å². The van der Waals surface area contributed by atoms with Gasteiger partial charge in [0.15, 0.2) is 15.6 Å². The molecule has 1 unspecified atom stereocenters. The van der Waals surface area contributed by atoms with Gasteiger partial charge in [-0.1, -0.05) is 24.6 Å². The predicted octanol–water partition coefficient (Wildman–Crippen LogP) is 2.48. The molecule has 0 radical (unpaired) electrons. The van der Waals surface area contributed by atoms with Crippen molar-refractivity contribution in [3.63, 3.8) is 0 Å². The van der Waals surface area contributed by atoms with Crippen molar-refractivity contribution >= 4 is 27.2 Å². The molecule has 1 aromatic carbocycles. The van der Waals surface area contributed by atoms with Gasteiger partial charge in [-0.2, -0.15) is 0 Å². The Morgan fingerprint density at radius 3 is 2.56 bits per heavy atom. The first kappa shape index (κ1) is 13.2. The Bertz CT molecular complexity index is 494. The monoisotopic (exact) mass is 260 g/mol. The molecule has 1 atom stereocenters. The number of Topliss-reactive ketones (excluding diaryl/α,β-unsaturated/α-hetero) is 1. The molecule has 0 aromatic heterocycles. The molecule has 0 bridgehead atoms. The normalized spacial score (nSPS) is 13.4. The molecule has 0 N–H and O–H groups in total. The number of hydrogen-bond donors (Lipinski definition) is 0. The van der Waals surface area contributed by atoms with Crippen molar-refractivity contribution in [1.29, 1.82) is 0 Å². The van der Waals surface area contributed by atoms with Crippen LogP contribution in [0.5, 0.6) is 0 Å².